The van der Waals surface area contributed by atoms with E-state index in [1.807, 2.05) is 6.07 Å². The van der Waals surface area contributed by atoms with E-state index in [1.54, 1.807) is 24.3 Å². The lowest BCUT2D eigenvalue weighted by atomic mass is 9.92. The van der Waals surface area contributed by atoms with Crippen LogP contribution in [0.2, 0.25) is 0 Å². The molecule has 0 aromatic heterocycles. The predicted molar refractivity (Wildman–Crippen MR) is 126 cm³/mol. The molecule has 1 atom stereocenters. The van der Waals surface area contributed by atoms with E-state index in [4.69, 9.17) is 0 Å². The number of Topliss-reactive ketones (excluding diaryl/α,β-unsaturated/α-hetero) is 1. The van der Waals surface area contributed by atoms with Crippen molar-refractivity contribution < 1.29 is 14.7 Å². The van der Waals surface area contributed by atoms with Gasteiger partial charge in [-0.05, 0) is 6.42 Å². The molecule has 0 spiro atoms. The van der Waals surface area contributed by atoms with Crippen molar-refractivity contribution in [2.45, 2.75) is 116 Å². The topological polar surface area (TPSA) is 54.4 Å². The van der Waals surface area contributed by atoms with Crippen LogP contribution >= 0.6 is 0 Å². The molecule has 0 saturated heterocycles. The van der Waals surface area contributed by atoms with E-state index in [9.17, 15) is 14.7 Å². The Balaban J connectivity index is 1.96. The zero-order valence-corrected chi connectivity index (χ0v) is 19.2. The van der Waals surface area contributed by atoms with E-state index in [-0.39, 0.29) is 5.78 Å². The molecule has 0 radical (unpaired) electrons. The van der Waals surface area contributed by atoms with Crippen LogP contribution in [0.4, 0.5) is 0 Å². The maximum Gasteiger partial charge on any atom is 0.314 e. The molecule has 1 aromatic rings. The summed E-state index contributed by atoms with van der Waals surface area (Å²) in [4.78, 5) is 23.9. The molecule has 30 heavy (non-hydrogen) atoms. The molecule has 0 aliphatic carbocycles. The summed E-state index contributed by atoms with van der Waals surface area (Å²) < 4.78 is 0. The Bertz CT molecular complexity index is 552. The van der Waals surface area contributed by atoms with Crippen molar-refractivity contribution in [3.8, 4) is 0 Å². The Morgan fingerprint density at radius 3 is 1.47 bits per heavy atom. The highest BCUT2D eigenvalue weighted by Gasteiger charge is 2.26. The van der Waals surface area contributed by atoms with E-state index >= 15 is 0 Å². The molecule has 0 saturated carbocycles. The number of carboxylic acids is 1. The summed E-state index contributed by atoms with van der Waals surface area (Å²) in [6.07, 6.45) is 21.1. The molecule has 1 N–H and O–H groups in total. The first-order chi connectivity index (χ1) is 14.7. The fourth-order valence-corrected chi connectivity index (χ4v) is 4.07. The number of carboxylic acid groups (broad SMARTS) is 1. The molecule has 0 fully saturated rings. The first kappa shape index (κ1) is 26.4. The Labute approximate surface area is 184 Å². The number of aliphatic carboxylic acids is 1. The highest BCUT2D eigenvalue weighted by atomic mass is 16.4. The van der Waals surface area contributed by atoms with Gasteiger partial charge in [0.15, 0.2) is 5.78 Å². The SMILES string of the molecule is CCCCCCCCCCCCCCCCCCC(C(=O)O)C(=O)c1ccccc1. The zero-order chi connectivity index (χ0) is 21.9. The number of benzene rings is 1. The largest absolute Gasteiger partial charge is 0.481 e. The van der Waals surface area contributed by atoms with Gasteiger partial charge < -0.3 is 5.11 Å². The number of carbonyl (C=O) groups excluding carboxylic acids is 1. The van der Waals surface area contributed by atoms with Crippen molar-refractivity contribution in [2.75, 3.05) is 0 Å². The highest BCUT2D eigenvalue weighted by Crippen LogP contribution is 2.18. The van der Waals surface area contributed by atoms with Gasteiger partial charge in [-0.2, -0.15) is 0 Å². The number of hydrogen-bond acceptors (Lipinski definition) is 2. The number of unbranched alkanes of at least 4 members (excludes halogenated alkanes) is 15. The van der Waals surface area contributed by atoms with Crippen molar-refractivity contribution in [3.63, 3.8) is 0 Å². The predicted octanol–water partition coefficient (Wildman–Crippen LogP) is 8.22. The molecule has 0 bridgehead atoms. The first-order valence-electron chi connectivity index (χ1n) is 12.5. The number of carbonyl (C=O) groups is 2. The summed E-state index contributed by atoms with van der Waals surface area (Å²) in [5, 5.41) is 9.41. The Hall–Kier alpha value is -1.64. The van der Waals surface area contributed by atoms with E-state index in [2.05, 4.69) is 6.92 Å². The molecule has 0 aliphatic rings. The van der Waals surface area contributed by atoms with Gasteiger partial charge in [0.05, 0.1) is 0 Å². The van der Waals surface area contributed by atoms with Gasteiger partial charge in [0.25, 0.3) is 0 Å². The monoisotopic (exact) mass is 416 g/mol. The van der Waals surface area contributed by atoms with Crippen LogP contribution in [0, 0.1) is 5.92 Å². The molecule has 1 unspecified atom stereocenters. The summed E-state index contributed by atoms with van der Waals surface area (Å²) in [5.74, 6) is -2.16. The van der Waals surface area contributed by atoms with Crippen LogP contribution in [0.25, 0.3) is 0 Å². The maximum absolute atomic E-state index is 12.4. The van der Waals surface area contributed by atoms with Crippen LogP contribution < -0.4 is 0 Å². The van der Waals surface area contributed by atoms with Crippen molar-refractivity contribution in [2.24, 2.45) is 5.92 Å². The normalized spacial score (nSPS) is 12.0. The van der Waals surface area contributed by atoms with Crippen LogP contribution in [-0.4, -0.2) is 16.9 Å². The van der Waals surface area contributed by atoms with Crippen molar-refractivity contribution in [1.82, 2.24) is 0 Å². The fraction of sp³-hybridized carbons (Fsp3) is 0.704. The number of ketones is 1. The van der Waals surface area contributed by atoms with Crippen molar-refractivity contribution >= 4 is 11.8 Å². The third kappa shape index (κ3) is 12.8. The molecule has 3 heteroatoms. The first-order valence-corrected chi connectivity index (χ1v) is 12.5. The molecular weight excluding hydrogens is 372 g/mol. The lowest BCUT2D eigenvalue weighted by Gasteiger charge is -2.11. The molecule has 170 valence electrons. The Kier molecular flexibility index (Phi) is 16.0. The minimum Gasteiger partial charge on any atom is -0.481 e. The summed E-state index contributed by atoms with van der Waals surface area (Å²) in [6, 6.07) is 8.79. The van der Waals surface area contributed by atoms with Crippen LogP contribution in [0.3, 0.4) is 0 Å². The van der Waals surface area contributed by atoms with Gasteiger partial charge in [-0.3, -0.25) is 9.59 Å². The summed E-state index contributed by atoms with van der Waals surface area (Å²) in [5.41, 5.74) is 0.501. The van der Waals surface area contributed by atoms with Crippen LogP contribution in [-0.2, 0) is 4.79 Å². The lowest BCUT2D eigenvalue weighted by Crippen LogP contribution is -2.23. The molecule has 0 aliphatic heterocycles. The minimum atomic E-state index is -0.996. The number of hydrogen-bond donors (Lipinski definition) is 1. The summed E-state index contributed by atoms with van der Waals surface area (Å²) in [6.45, 7) is 2.27. The second-order valence-corrected chi connectivity index (χ2v) is 8.71. The number of rotatable bonds is 20. The third-order valence-corrected chi connectivity index (χ3v) is 6.02. The third-order valence-electron chi connectivity index (χ3n) is 6.02. The summed E-state index contributed by atoms with van der Waals surface area (Å²) >= 11 is 0. The molecule has 0 amide bonds. The van der Waals surface area contributed by atoms with E-state index in [0.717, 1.165) is 19.3 Å². The smallest absolute Gasteiger partial charge is 0.314 e. The molecule has 1 rings (SSSR count). The van der Waals surface area contributed by atoms with E-state index in [0.29, 0.717) is 12.0 Å². The highest BCUT2D eigenvalue weighted by molar-refractivity contribution is 6.08. The van der Waals surface area contributed by atoms with Gasteiger partial charge >= 0.3 is 5.97 Å². The van der Waals surface area contributed by atoms with Gasteiger partial charge in [-0.25, -0.2) is 0 Å². The second-order valence-electron chi connectivity index (χ2n) is 8.71. The summed E-state index contributed by atoms with van der Waals surface area (Å²) in [7, 11) is 0. The van der Waals surface area contributed by atoms with Gasteiger partial charge in [-0.15, -0.1) is 0 Å². The van der Waals surface area contributed by atoms with Gasteiger partial charge in [0.2, 0.25) is 0 Å². The minimum absolute atomic E-state index is 0.260. The van der Waals surface area contributed by atoms with E-state index < -0.39 is 11.9 Å². The zero-order valence-electron chi connectivity index (χ0n) is 19.2. The maximum atomic E-state index is 12.4. The molecular formula is C27H44O3. The molecule has 3 nitrogen and oxygen atoms in total. The molecule has 0 heterocycles. The Morgan fingerprint density at radius 1 is 0.667 bits per heavy atom. The average molecular weight is 417 g/mol. The van der Waals surface area contributed by atoms with Crippen LogP contribution in [0.1, 0.15) is 126 Å². The quantitative estimate of drug-likeness (QED) is 0.132. The average Bonchev–Trinajstić information content (AvgIpc) is 2.76. The van der Waals surface area contributed by atoms with Gasteiger partial charge in [0.1, 0.15) is 5.92 Å². The van der Waals surface area contributed by atoms with Crippen LogP contribution in [0.15, 0.2) is 30.3 Å². The van der Waals surface area contributed by atoms with Crippen molar-refractivity contribution in [3.05, 3.63) is 35.9 Å². The van der Waals surface area contributed by atoms with Gasteiger partial charge in [0, 0.05) is 5.56 Å². The van der Waals surface area contributed by atoms with Crippen molar-refractivity contribution in [1.29, 1.82) is 0 Å². The van der Waals surface area contributed by atoms with Crippen LogP contribution in [0.5, 0.6) is 0 Å². The second kappa shape index (κ2) is 18.2. The lowest BCUT2D eigenvalue weighted by molar-refractivity contribution is -0.140. The Morgan fingerprint density at radius 2 is 1.07 bits per heavy atom. The van der Waals surface area contributed by atoms with Gasteiger partial charge in [-0.1, -0.05) is 140 Å². The molecule has 1 aromatic carbocycles. The fourth-order valence-electron chi connectivity index (χ4n) is 4.07. The standard InChI is InChI=1S/C27H44O3/c1-2-3-4-5-6-7-8-9-10-11-12-13-14-15-16-20-23-25(27(29)30)26(28)24-21-18-17-19-22-24/h17-19,21-22,25H,2-16,20,23H2,1H3,(H,29,30). The van der Waals surface area contributed by atoms with E-state index in [1.165, 1.54) is 83.5 Å².